The summed E-state index contributed by atoms with van der Waals surface area (Å²) in [5.74, 6) is 0.0515. The van der Waals surface area contributed by atoms with Crippen LogP contribution in [0.5, 0.6) is 0 Å². The summed E-state index contributed by atoms with van der Waals surface area (Å²) in [6.07, 6.45) is 1.14. The highest BCUT2D eigenvalue weighted by atomic mass is 16.5. The first-order valence-electron chi connectivity index (χ1n) is 11.4. The molecule has 170 valence electrons. The summed E-state index contributed by atoms with van der Waals surface area (Å²) >= 11 is 0. The van der Waals surface area contributed by atoms with Crippen molar-refractivity contribution in [1.29, 1.82) is 0 Å². The Morgan fingerprint density at radius 3 is 2.75 bits per heavy atom. The number of hydrogen-bond donors (Lipinski definition) is 1. The van der Waals surface area contributed by atoms with Crippen LogP contribution in [0.4, 0.5) is 0 Å². The summed E-state index contributed by atoms with van der Waals surface area (Å²) in [5.41, 5.74) is 6.48. The predicted octanol–water partition coefficient (Wildman–Crippen LogP) is 2.84. The third-order valence-electron chi connectivity index (χ3n) is 6.33. The fraction of sp³-hybridized carbons (Fsp3) is 0.480. The molecule has 32 heavy (non-hydrogen) atoms. The van der Waals surface area contributed by atoms with E-state index in [9.17, 15) is 4.79 Å². The first-order chi connectivity index (χ1) is 15.4. The molecule has 0 aliphatic carbocycles. The minimum atomic E-state index is 0.0240. The normalized spacial score (nSPS) is 17.1. The van der Waals surface area contributed by atoms with E-state index in [0.29, 0.717) is 26.0 Å². The Hall–Kier alpha value is -2.77. The smallest absolute Gasteiger partial charge is 0.220 e. The molecule has 1 fully saturated rings. The zero-order valence-corrected chi connectivity index (χ0v) is 19.5. The molecule has 1 saturated heterocycles. The predicted molar refractivity (Wildman–Crippen MR) is 126 cm³/mol. The minimum Gasteiger partial charge on any atom is -0.374 e. The van der Waals surface area contributed by atoms with Gasteiger partial charge in [0.1, 0.15) is 0 Å². The number of fused-ring (bicyclic) bond motifs is 1. The van der Waals surface area contributed by atoms with E-state index in [1.54, 1.807) is 0 Å². The van der Waals surface area contributed by atoms with Crippen LogP contribution in [0.1, 0.15) is 34.5 Å². The van der Waals surface area contributed by atoms with Crippen molar-refractivity contribution >= 4 is 16.9 Å². The fourth-order valence-corrected chi connectivity index (χ4v) is 4.67. The summed E-state index contributed by atoms with van der Waals surface area (Å²) in [7, 11) is 1.92. The summed E-state index contributed by atoms with van der Waals surface area (Å²) in [5, 5.41) is 8.67. The van der Waals surface area contributed by atoms with Crippen LogP contribution >= 0.6 is 0 Å². The number of amides is 1. The Labute approximate surface area is 189 Å². The van der Waals surface area contributed by atoms with Crippen molar-refractivity contribution in [2.24, 2.45) is 7.05 Å². The first kappa shape index (κ1) is 22.4. The average Bonchev–Trinajstić information content (AvgIpc) is 3.06. The standard InChI is InChI=1S/C25H33N5O2/c1-17-22(18(2)27-25-24(17)19(3)28-29(25)4)10-11-23(31)26-14-21-16-30(12-13-32-21)15-20-8-6-5-7-9-20/h5-9,21H,10-16H2,1-4H3,(H,26,31). The number of benzene rings is 1. The van der Waals surface area contributed by atoms with E-state index in [-0.39, 0.29) is 12.0 Å². The zero-order valence-electron chi connectivity index (χ0n) is 19.5. The van der Waals surface area contributed by atoms with Gasteiger partial charge in [-0.25, -0.2) is 4.98 Å². The van der Waals surface area contributed by atoms with Crippen molar-refractivity contribution in [1.82, 2.24) is 25.0 Å². The van der Waals surface area contributed by atoms with E-state index in [4.69, 9.17) is 9.72 Å². The van der Waals surface area contributed by atoms with Gasteiger partial charge in [0.05, 0.1) is 18.4 Å². The third-order valence-corrected chi connectivity index (χ3v) is 6.33. The second-order valence-corrected chi connectivity index (χ2v) is 8.73. The molecule has 1 aliphatic heterocycles. The van der Waals surface area contributed by atoms with Crippen LogP contribution in [0.15, 0.2) is 30.3 Å². The molecule has 1 N–H and O–H groups in total. The maximum atomic E-state index is 12.6. The largest absolute Gasteiger partial charge is 0.374 e. The Morgan fingerprint density at radius 2 is 1.97 bits per heavy atom. The van der Waals surface area contributed by atoms with E-state index in [1.807, 2.05) is 31.6 Å². The highest BCUT2D eigenvalue weighted by Crippen LogP contribution is 2.26. The average molecular weight is 436 g/mol. The SMILES string of the molecule is Cc1nc2c(c(C)nn2C)c(C)c1CCC(=O)NCC1CN(Cc2ccccc2)CCO1. The molecule has 0 bridgehead atoms. The number of aryl methyl sites for hydroxylation is 4. The lowest BCUT2D eigenvalue weighted by molar-refractivity contribution is -0.122. The molecule has 1 unspecified atom stereocenters. The fourth-order valence-electron chi connectivity index (χ4n) is 4.67. The molecule has 4 rings (SSSR count). The van der Waals surface area contributed by atoms with Crippen molar-refractivity contribution in [3.05, 3.63) is 58.4 Å². The lowest BCUT2D eigenvalue weighted by atomic mass is 9.99. The number of pyridine rings is 1. The van der Waals surface area contributed by atoms with Crippen molar-refractivity contribution in [3.8, 4) is 0 Å². The van der Waals surface area contributed by atoms with Crippen LogP contribution in [-0.2, 0) is 29.5 Å². The van der Waals surface area contributed by atoms with Crippen molar-refractivity contribution in [2.45, 2.75) is 46.3 Å². The highest BCUT2D eigenvalue weighted by molar-refractivity contribution is 5.84. The highest BCUT2D eigenvalue weighted by Gasteiger charge is 2.21. The maximum absolute atomic E-state index is 12.6. The summed E-state index contributed by atoms with van der Waals surface area (Å²) in [4.78, 5) is 19.7. The van der Waals surface area contributed by atoms with E-state index < -0.39 is 0 Å². The number of nitrogens with zero attached hydrogens (tertiary/aromatic N) is 4. The van der Waals surface area contributed by atoms with Gasteiger partial charge in [-0.3, -0.25) is 14.4 Å². The molecule has 1 aliphatic rings. The van der Waals surface area contributed by atoms with Crippen molar-refractivity contribution in [2.75, 3.05) is 26.2 Å². The molecular formula is C25H33N5O2. The lowest BCUT2D eigenvalue weighted by Crippen LogP contribution is -2.47. The molecule has 1 atom stereocenters. The Balaban J connectivity index is 1.29. The Kier molecular flexibility index (Phi) is 6.86. The van der Waals surface area contributed by atoms with E-state index >= 15 is 0 Å². The summed E-state index contributed by atoms with van der Waals surface area (Å²) < 4.78 is 7.71. The van der Waals surface area contributed by atoms with Crippen molar-refractivity contribution in [3.63, 3.8) is 0 Å². The molecule has 7 nitrogen and oxygen atoms in total. The monoisotopic (exact) mass is 435 g/mol. The van der Waals surface area contributed by atoms with Gasteiger partial charge in [0.15, 0.2) is 5.65 Å². The molecule has 3 heterocycles. The quantitative estimate of drug-likeness (QED) is 0.618. The van der Waals surface area contributed by atoms with Crippen LogP contribution < -0.4 is 5.32 Å². The van der Waals surface area contributed by atoms with Gasteiger partial charge in [0.25, 0.3) is 0 Å². The number of morpholine rings is 1. The number of carbonyl (C=O) groups excluding carboxylic acids is 1. The van der Waals surface area contributed by atoms with Gasteiger partial charge in [0, 0.05) is 50.7 Å². The second kappa shape index (κ2) is 9.79. The van der Waals surface area contributed by atoms with Gasteiger partial charge in [-0.1, -0.05) is 30.3 Å². The number of nitrogens with one attached hydrogen (secondary N) is 1. The molecule has 0 radical (unpaired) electrons. The Bertz CT molecular complexity index is 1090. The van der Waals surface area contributed by atoms with Crippen LogP contribution in [-0.4, -0.2) is 57.9 Å². The lowest BCUT2D eigenvalue weighted by Gasteiger charge is -2.33. The topological polar surface area (TPSA) is 72.3 Å². The third kappa shape index (κ3) is 5.00. The molecule has 2 aromatic heterocycles. The van der Waals surface area contributed by atoms with Gasteiger partial charge >= 0.3 is 0 Å². The molecule has 1 aromatic carbocycles. The number of hydrogen-bond acceptors (Lipinski definition) is 5. The number of aromatic nitrogens is 3. The minimum absolute atomic E-state index is 0.0240. The maximum Gasteiger partial charge on any atom is 0.220 e. The van der Waals surface area contributed by atoms with E-state index in [0.717, 1.165) is 47.6 Å². The van der Waals surface area contributed by atoms with Gasteiger partial charge in [-0.2, -0.15) is 5.10 Å². The molecular weight excluding hydrogens is 402 g/mol. The number of ether oxygens (including phenoxy) is 1. The van der Waals surface area contributed by atoms with E-state index in [2.05, 4.69) is 46.5 Å². The van der Waals surface area contributed by atoms with Crippen molar-refractivity contribution < 1.29 is 9.53 Å². The molecule has 0 saturated carbocycles. The summed E-state index contributed by atoms with van der Waals surface area (Å²) in [6, 6.07) is 10.5. The zero-order chi connectivity index (χ0) is 22.7. The first-order valence-corrected chi connectivity index (χ1v) is 11.4. The van der Waals surface area contributed by atoms with Crippen LogP contribution in [0.2, 0.25) is 0 Å². The molecule has 0 spiro atoms. The van der Waals surface area contributed by atoms with Crippen LogP contribution in [0.25, 0.3) is 11.0 Å². The molecule has 7 heteroatoms. The second-order valence-electron chi connectivity index (χ2n) is 8.73. The molecule has 3 aromatic rings. The van der Waals surface area contributed by atoms with Crippen LogP contribution in [0.3, 0.4) is 0 Å². The number of carbonyl (C=O) groups is 1. The number of rotatable bonds is 7. The van der Waals surface area contributed by atoms with Crippen LogP contribution in [0, 0.1) is 20.8 Å². The van der Waals surface area contributed by atoms with Gasteiger partial charge < -0.3 is 10.1 Å². The Morgan fingerprint density at radius 1 is 1.19 bits per heavy atom. The van der Waals surface area contributed by atoms with Gasteiger partial charge in [-0.05, 0) is 43.9 Å². The van der Waals surface area contributed by atoms with E-state index in [1.165, 1.54) is 11.1 Å². The van der Waals surface area contributed by atoms with Gasteiger partial charge in [-0.15, -0.1) is 0 Å². The molecule has 1 amide bonds. The summed E-state index contributed by atoms with van der Waals surface area (Å²) in [6.45, 7) is 10.0. The van der Waals surface area contributed by atoms with Gasteiger partial charge in [0.2, 0.25) is 5.91 Å².